The van der Waals surface area contributed by atoms with Crippen LogP contribution in [0.15, 0.2) is 67.0 Å². The average Bonchev–Trinajstić information content (AvgIpc) is 3.39. The van der Waals surface area contributed by atoms with Gasteiger partial charge in [0.25, 0.3) is 5.91 Å². The van der Waals surface area contributed by atoms with E-state index in [1.807, 2.05) is 61.5 Å². The number of thiazole rings is 1. The van der Waals surface area contributed by atoms with Gasteiger partial charge in [-0.05, 0) is 42.8 Å². The Balaban J connectivity index is 1.59. The first kappa shape index (κ1) is 20.9. The number of carbonyl (C=O) groups excluding carboxylic acids is 1. The summed E-state index contributed by atoms with van der Waals surface area (Å²) in [6.45, 7) is 2.88. The molecule has 160 valence electrons. The zero-order valence-electron chi connectivity index (χ0n) is 17.1. The van der Waals surface area contributed by atoms with Crippen LogP contribution >= 0.6 is 34.3 Å². The van der Waals surface area contributed by atoms with Gasteiger partial charge in [0.1, 0.15) is 10.6 Å². The molecule has 0 radical (unpaired) electrons. The first-order valence-electron chi connectivity index (χ1n) is 10.0. The molecule has 0 aliphatic rings. The van der Waals surface area contributed by atoms with E-state index >= 15 is 0 Å². The van der Waals surface area contributed by atoms with Crippen LogP contribution in [0.3, 0.4) is 0 Å². The van der Waals surface area contributed by atoms with Crippen molar-refractivity contribution in [1.82, 2.24) is 9.97 Å². The lowest BCUT2D eigenvalue weighted by atomic mass is 10.2. The third-order valence-electron chi connectivity index (χ3n) is 4.93. The molecular formula is C24H18ClN3O2S2. The zero-order valence-corrected chi connectivity index (χ0v) is 19.5. The highest BCUT2D eigenvalue weighted by molar-refractivity contribution is 7.23. The Morgan fingerprint density at radius 1 is 1.09 bits per heavy atom. The second-order valence-corrected chi connectivity index (χ2v) is 9.49. The number of hydrogen-bond acceptors (Lipinski definition) is 6. The molecule has 0 bridgehead atoms. The van der Waals surface area contributed by atoms with Crippen molar-refractivity contribution < 1.29 is 9.53 Å². The maximum absolute atomic E-state index is 13.8. The minimum atomic E-state index is -0.177. The lowest BCUT2D eigenvalue weighted by Gasteiger charge is -2.19. The molecule has 0 fully saturated rings. The molecule has 0 spiro atoms. The Labute approximate surface area is 197 Å². The summed E-state index contributed by atoms with van der Waals surface area (Å²) in [4.78, 5) is 24.9. The largest absolute Gasteiger partial charge is 0.494 e. The Morgan fingerprint density at radius 2 is 1.97 bits per heavy atom. The van der Waals surface area contributed by atoms with E-state index in [0.29, 0.717) is 28.2 Å². The molecule has 0 N–H and O–H groups in total. The van der Waals surface area contributed by atoms with Crippen molar-refractivity contribution in [3.63, 3.8) is 0 Å². The van der Waals surface area contributed by atoms with Crippen LogP contribution in [0.2, 0.25) is 5.02 Å². The fourth-order valence-electron chi connectivity index (χ4n) is 3.44. The first-order chi connectivity index (χ1) is 15.6. The highest BCUT2D eigenvalue weighted by Gasteiger charge is 2.26. The van der Waals surface area contributed by atoms with E-state index in [0.717, 1.165) is 31.6 Å². The van der Waals surface area contributed by atoms with Gasteiger partial charge in [-0.15, -0.1) is 11.3 Å². The number of benzene rings is 2. The molecule has 0 aliphatic heterocycles. The monoisotopic (exact) mass is 479 g/mol. The maximum atomic E-state index is 13.8. The summed E-state index contributed by atoms with van der Waals surface area (Å²) in [6.07, 6.45) is 3.47. The summed E-state index contributed by atoms with van der Waals surface area (Å²) < 4.78 is 7.56. The van der Waals surface area contributed by atoms with Crippen LogP contribution in [0.5, 0.6) is 5.75 Å². The molecule has 0 atom stereocenters. The Morgan fingerprint density at radius 3 is 2.75 bits per heavy atom. The smallest absolute Gasteiger partial charge is 0.272 e. The van der Waals surface area contributed by atoms with Crippen LogP contribution in [0.25, 0.3) is 20.3 Å². The molecule has 0 saturated heterocycles. The van der Waals surface area contributed by atoms with Gasteiger partial charge in [0.05, 0.1) is 28.4 Å². The Kier molecular flexibility index (Phi) is 5.78. The predicted octanol–water partition coefficient (Wildman–Crippen LogP) is 6.81. The van der Waals surface area contributed by atoms with Crippen LogP contribution in [-0.2, 0) is 6.54 Å². The molecule has 1 amide bonds. The maximum Gasteiger partial charge on any atom is 0.272 e. The van der Waals surface area contributed by atoms with Gasteiger partial charge in [0, 0.05) is 22.5 Å². The van der Waals surface area contributed by atoms with E-state index in [4.69, 9.17) is 21.3 Å². The minimum absolute atomic E-state index is 0.177. The van der Waals surface area contributed by atoms with E-state index in [-0.39, 0.29) is 5.91 Å². The normalized spacial score (nSPS) is 11.2. The first-order valence-corrected chi connectivity index (χ1v) is 12.1. The lowest BCUT2D eigenvalue weighted by molar-refractivity contribution is 0.0989. The van der Waals surface area contributed by atoms with Gasteiger partial charge in [-0.25, -0.2) is 4.98 Å². The Hall–Kier alpha value is -3.00. The standard InChI is InChI=1S/C24H18ClN3O2S2/c1-2-30-16-9-10-18-20(12-16)32-24(27-18)28(14-15-6-5-11-26-13-15)23(29)22-21(25)17-7-3-4-8-19(17)31-22/h3-13H,2,14H2,1H3. The molecule has 0 saturated carbocycles. The van der Waals surface area contributed by atoms with Crippen molar-refractivity contribution in [1.29, 1.82) is 0 Å². The molecule has 3 aromatic heterocycles. The number of anilines is 1. The summed E-state index contributed by atoms with van der Waals surface area (Å²) in [7, 11) is 0. The third-order valence-corrected chi connectivity index (χ3v) is 7.63. The number of fused-ring (bicyclic) bond motifs is 2. The number of pyridine rings is 1. The fourth-order valence-corrected chi connectivity index (χ4v) is 5.89. The van der Waals surface area contributed by atoms with E-state index < -0.39 is 0 Å². The average molecular weight is 480 g/mol. The van der Waals surface area contributed by atoms with Gasteiger partial charge in [-0.3, -0.25) is 14.7 Å². The van der Waals surface area contributed by atoms with E-state index in [2.05, 4.69) is 4.98 Å². The molecule has 5 nitrogen and oxygen atoms in total. The number of aromatic nitrogens is 2. The number of nitrogens with zero attached hydrogens (tertiary/aromatic N) is 3. The van der Waals surface area contributed by atoms with Crippen LogP contribution < -0.4 is 9.64 Å². The molecule has 32 heavy (non-hydrogen) atoms. The fraction of sp³-hybridized carbons (Fsp3) is 0.125. The highest BCUT2D eigenvalue weighted by Crippen LogP contribution is 2.38. The van der Waals surface area contributed by atoms with E-state index in [1.54, 1.807) is 17.3 Å². The van der Waals surface area contributed by atoms with Crippen molar-refractivity contribution in [2.24, 2.45) is 0 Å². The SMILES string of the molecule is CCOc1ccc2nc(N(Cc3cccnc3)C(=O)c3sc4ccccc4c3Cl)sc2c1. The van der Waals surface area contributed by atoms with Gasteiger partial charge in [0.2, 0.25) is 0 Å². The van der Waals surface area contributed by atoms with Gasteiger partial charge < -0.3 is 4.74 Å². The zero-order chi connectivity index (χ0) is 22.1. The van der Waals surface area contributed by atoms with E-state index in [9.17, 15) is 4.79 Å². The van der Waals surface area contributed by atoms with Crippen molar-refractivity contribution in [2.75, 3.05) is 11.5 Å². The highest BCUT2D eigenvalue weighted by atomic mass is 35.5. The number of hydrogen-bond donors (Lipinski definition) is 0. The number of thiophene rings is 1. The second-order valence-electron chi connectivity index (χ2n) is 7.05. The van der Waals surface area contributed by atoms with Gasteiger partial charge in [0.15, 0.2) is 5.13 Å². The molecule has 8 heteroatoms. The van der Waals surface area contributed by atoms with Crippen LogP contribution in [0.1, 0.15) is 22.2 Å². The summed E-state index contributed by atoms with van der Waals surface area (Å²) in [5.41, 5.74) is 1.73. The van der Waals surface area contributed by atoms with Crippen molar-refractivity contribution in [2.45, 2.75) is 13.5 Å². The summed E-state index contributed by atoms with van der Waals surface area (Å²) in [5, 5.41) is 1.97. The molecule has 5 aromatic rings. The number of halogens is 1. The lowest BCUT2D eigenvalue weighted by Crippen LogP contribution is -2.30. The number of ether oxygens (including phenoxy) is 1. The number of carbonyl (C=O) groups is 1. The molecule has 5 rings (SSSR count). The third kappa shape index (κ3) is 3.95. The quantitative estimate of drug-likeness (QED) is 0.268. The minimum Gasteiger partial charge on any atom is -0.494 e. The topological polar surface area (TPSA) is 55.3 Å². The summed E-state index contributed by atoms with van der Waals surface area (Å²) in [5.74, 6) is 0.608. The van der Waals surface area contributed by atoms with Crippen molar-refractivity contribution in [3.8, 4) is 5.75 Å². The van der Waals surface area contributed by atoms with Crippen molar-refractivity contribution in [3.05, 3.63) is 82.5 Å². The number of amides is 1. The van der Waals surface area contributed by atoms with Gasteiger partial charge >= 0.3 is 0 Å². The molecule has 2 aromatic carbocycles. The predicted molar refractivity (Wildman–Crippen MR) is 132 cm³/mol. The molecule has 0 aliphatic carbocycles. The Bertz CT molecular complexity index is 1420. The number of rotatable bonds is 6. The summed E-state index contributed by atoms with van der Waals surface area (Å²) in [6, 6.07) is 17.3. The van der Waals surface area contributed by atoms with Crippen LogP contribution in [0, 0.1) is 0 Å². The van der Waals surface area contributed by atoms with E-state index in [1.165, 1.54) is 22.7 Å². The molecular weight excluding hydrogens is 462 g/mol. The summed E-state index contributed by atoms with van der Waals surface area (Å²) >= 11 is 9.49. The molecule has 3 heterocycles. The second kappa shape index (κ2) is 8.86. The van der Waals surface area contributed by atoms with Gasteiger partial charge in [-0.1, -0.05) is 47.2 Å². The van der Waals surface area contributed by atoms with Crippen LogP contribution in [0.4, 0.5) is 5.13 Å². The van der Waals surface area contributed by atoms with Gasteiger partial charge in [-0.2, -0.15) is 0 Å². The molecule has 0 unspecified atom stereocenters. The van der Waals surface area contributed by atoms with Crippen molar-refractivity contribution >= 4 is 65.6 Å². The van der Waals surface area contributed by atoms with Crippen LogP contribution in [-0.4, -0.2) is 22.5 Å².